The lowest BCUT2D eigenvalue weighted by Gasteiger charge is -2.35. The van der Waals surface area contributed by atoms with Crippen LogP contribution in [0.3, 0.4) is 0 Å². The zero-order valence-corrected chi connectivity index (χ0v) is 24.1. The third-order valence-electron chi connectivity index (χ3n) is 7.03. The normalized spacial score (nSPS) is 18.9. The van der Waals surface area contributed by atoms with Gasteiger partial charge in [-0.05, 0) is 37.1 Å². The first-order valence-corrected chi connectivity index (χ1v) is 16.8. The number of aliphatic hydroxyl groups excluding tert-OH is 1. The number of fused-ring (bicyclic) bond motifs is 2. The molecule has 0 bridgehead atoms. The molecular formula is C24H28ClF2N7O5S2. The molecule has 1 fully saturated rings. The molecule has 12 nitrogen and oxygen atoms in total. The highest BCUT2D eigenvalue weighted by Crippen LogP contribution is 2.33. The van der Waals surface area contributed by atoms with Crippen LogP contribution in [0.4, 0.5) is 26.2 Å². The molecule has 41 heavy (non-hydrogen) atoms. The molecule has 0 aliphatic carbocycles. The summed E-state index contributed by atoms with van der Waals surface area (Å²) in [5.41, 5.74) is 1.01. The first-order valence-electron chi connectivity index (χ1n) is 12.6. The van der Waals surface area contributed by atoms with Crippen molar-refractivity contribution in [2.75, 3.05) is 48.0 Å². The van der Waals surface area contributed by atoms with Gasteiger partial charge in [0.05, 0.1) is 6.26 Å². The molecule has 5 rings (SSSR count). The van der Waals surface area contributed by atoms with Crippen LogP contribution in [0.25, 0.3) is 17.0 Å². The third kappa shape index (κ3) is 6.56. The van der Waals surface area contributed by atoms with Crippen molar-refractivity contribution in [3.05, 3.63) is 41.6 Å². The van der Waals surface area contributed by atoms with E-state index < -0.39 is 37.3 Å². The Morgan fingerprint density at radius 1 is 1.20 bits per heavy atom. The SMILES string of the molecule is CS(=O)(=O)N1CCC(Nc2ncc3c(n2)N(CCNc2ccc4cc(S(=O)(=O)Cl)[nH]c4c2)C(O)C(C(F)F)=C3)CC1. The van der Waals surface area contributed by atoms with E-state index in [1.54, 1.807) is 18.2 Å². The van der Waals surface area contributed by atoms with Gasteiger partial charge in [0.15, 0.2) is 6.23 Å². The molecule has 17 heteroatoms. The summed E-state index contributed by atoms with van der Waals surface area (Å²) in [5, 5.41) is 17.7. The molecule has 4 heterocycles. The Morgan fingerprint density at radius 3 is 2.59 bits per heavy atom. The van der Waals surface area contributed by atoms with Crippen molar-refractivity contribution >= 4 is 64.2 Å². The fraction of sp³-hybridized carbons (Fsp3) is 0.417. The third-order valence-corrected chi connectivity index (χ3v) is 9.58. The minimum Gasteiger partial charge on any atom is -0.383 e. The van der Waals surface area contributed by atoms with Gasteiger partial charge in [-0.1, -0.05) is 6.07 Å². The Bertz CT molecular complexity index is 1690. The molecule has 0 radical (unpaired) electrons. The largest absolute Gasteiger partial charge is 0.383 e. The van der Waals surface area contributed by atoms with Crippen LogP contribution < -0.4 is 15.5 Å². The molecular weight excluding hydrogens is 604 g/mol. The van der Waals surface area contributed by atoms with Crippen LogP contribution in [0, 0.1) is 0 Å². The van der Waals surface area contributed by atoms with Crippen molar-refractivity contribution < 1.29 is 30.7 Å². The predicted molar refractivity (Wildman–Crippen MR) is 152 cm³/mol. The predicted octanol–water partition coefficient (Wildman–Crippen LogP) is 2.62. The smallest absolute Gasteiger partial charge is 0.276 e. The summed E-state index contributed by atoms with van der Waals surface area (Å²) < 4.78 is 75.7. The Hall–Kier alpha value is -3.05. The maximum Gasteiger partial charge on any atom is 0.276 e. The van der Waals surface area contributed by atoms with Crippen LogP contribution in [-0.2, 0) is 19.1 Å². The van der Waals surface area contributed by atoms with Gasteiger partial charge in [0.1, 0.15) is 10.8 Å². The summed E-state index contributed by atoms with van der Waals surface area (Å²) in [6.07, 6.45) is 0.343. The van der Waals surface area contributed by atoms with Gasteiger partial charge in [-0.3, -0.25) is 0 Å². The van der Waals surface area contributed by atoms with Crippen LogP contribution in [0.5, 0.6) is 0 Å². The lowest BCUT2D eigenvalue weighted by Crippen LogP contribution is -2.44. The maximum absolute atomic E-state index is 13.7. The van der Waals surface area contributed by atoms with Crippen LogP contribution in [0.15, 0.2) is 41.1 Å². The van der Waals surface area contributed by atoms with Gasteiger partial charge in [-0.2, -0.15) is 4.98 Å². The second kappa shape index (κ2) is 11.3. The van der Waals surface area contributed by atoms with E-state index >= 15 is 0 Å². The number of sulfonamides is 1. The number of halogens is 3. The van der Waals surface area contributed by atoms with Gasteiger partial charge >= 0.3 is 0 Å². The van der Waals surface area contributed by atoms with Gasteiger partial charge < -0.3 is 25.6 Å². The fourth-order valence-corrected chi connectivity index (χ4v) is 6.54. The van der Waals surface area contributed by atoms with E-state index in [4.69, 9.17) is 10.7 Å². The van der Waals surface area contributed by atoms with E-state index in [-0.39, 0.29) is 35.9 Å². The molecule has 2 aromatic heterocycles. The van der Waals surface area contributed by atoms with Crippen LogP contribution in [-0.4, -0.2) is 92.3 Å². The average Bonchev–Trinajstić information content (AvgIpc) is 3.34. The topological polar surface area (TPSA) is 161 Å². The minimum absolute atomic E-state index is 0.0842. The van der Waals surface area contributed by atoms with Gasteiger partial charge in [0, 0.05) is 76.8 Å². The Balaban J connectivity index is 1.31. The number of H-pyrrole nitrogens is 1. The van der Waals surface area contributed by atoms with E-state index in [0.29, 0.717) is 48.1 Å². The van der Waals surface area contributed by atoms with Gasteiger partial charge in [-0.25, -0.2) is 34.9 Å². The number of hydrogen-bond donors (Lipinski definition) is 4. The summed E-state index contributed by atoms with van der Waals surface area (Å²) in [6.45, 7) is 1.02. The number of aliphatic hydroxyl groups is 1. The Kier molecular flexibility index (Phi) is 8.13. The molecule has 2 aliphatic heterocycles. The molecule has 1 unspecified atom stereocenters. The Morgan fingerprint density at radius 2 is 1.93 bits per heavy atom. The van der Waals surface area contributed by atoms with Crippen LogP contribution in [0.1, 0.15) is 18.4 Å². The van der Waals surface area contributed by atoms with Crippen molar-refractivity contribution in [2.45, 2.75) is 36.6 Å². The number of benzene rings is 1. The number of nitrogens with one attached hydrogen (secondary N) is 3. The van der Waals surface area contributed by atoms with Crippen molar-refractivity contribution in [1.29, 1.82) is 0 Å². The highest BCUT2D eigenvalue weighted by atomic mass is 35.7. The molecule has 222 valence electrons. The van der Waals surface area contributed by atoms with Gasteiger partial charge in [0.25, 0.3) is 15.5 Å². The maximum atomic E-state index is 13.7. The lowest BCUT2D eigenvalue weighted by molar-refractivity contribution is 0.125. The second-order valence-electron chi connectivity index (χ2n) is 9.87. The molecule has 0 spiro atoms. The number of rotatable bonds is 9. The number of alkyl halides is 2. The van der Waals surface area contributed by atoms with E-state index in [0.717, 1.165) is 0 Å². The van der Waals surface area contributed by atoms with E-state index in [1.165, 1.54) is 33.8 Å². The average molecular weight is 632 g/mol. The lowest BCUT2D eigenvalue weighted by atomic mass is 10.1. The summed E-state index contributed by atoms with van der Waals surface area (Å²) >= 11 is 0. The number of aromatic nitrogens is 3. The van der Waals surface area contributed by atoms with Gasteiger partial charge in [-0.15, -0.1) is 0 Å². The standard InChI is InChI=1S/C24H28ClF2N7O5S2/c1-40(36,37)33-7-4-16(5-8-33)30-24-29-13-15-10-18(21(26)27)23(35)34(22(15)32-24)9-6-28-17-3-2-14-11-20(41(25,38)39)31-19(14)12-17/h2-3,10-13,16,21,23,28,31,35H,4-9H2,1H3,(H,29,30,32). The van der Waals surface area contributed by atoms with Crippen molar-refractivity contribution in [3.8, 4) is 0 Å². The molecule has 0 saturated carbocycles. The fourth-order valence-electron chi connectivity index (χ4n) is 4.91. The molecule has 1 atom stereocenters. The zero-order chi connectivity index (χ0) is 29.5. The minimum atomic E-state index is -3.93. The van der Waals surface area contributed by atoms with Gasteiger partial charge in [0.2, 0.25) is 16.0 Å². The highest BCUT2D eigenvalue weighted by Gasteiger charge is 2.33. The number of nitrogens with zero attached hydrogens (tertiary/aromatic N) is 4. The number of aromatic amines is 1. The monoisotopic (exact) mass is 631 g/mol. The quantitative estimate of drug-likeness (QED) is 0.259. The molecule has 1 saturated heterocycles. The van der Waals surface area contributed by atoms with Crippen molar-refractivity contribution in [2.24, 2.45) is 0 Å². The molecule has 2 aliphatic rings. The molecule has 3 aromatic rings. The summed E-state index contributed by atoms with van der Waals surface area (Å²) in [5.74, 6) is 0.509. The van der Waals surface area contributed by atoms with Crippen molar-refractivity contribution in [1.82, 2.24) is 19.3 Å². The summed E-state index contributed by atoms with van der Waals surface area (Å²) in [6, 6.07) is 6.45. The van der Waals surface area contributed by atoms with Crippen LogP contribution in [0.2, 0.25) is 0 Å². The van der Waals surface area contributed by atoms with E-state index in [1.807, 2.05) is 0 Å². The molecule has 4 N–H and O–H groups in total. The highest BCUT2D eigenvalue weighted by molar-refractivity contribution is 8.13. The number of hydrogen-bond acceptors (Lipinski definition) is 10. The number of piperidine rings is 1. The molecule has 0 amide bonds. The van der Waals surface area contributed by atoms with E-state index in [2.05, 4.69) is 25.6 Å². The summed E-state index contributed by atoms with van der Waals surface area (Å²) in [4.78, 5) is 12.9. The molecule has 1 aromatic carbocycles. The first-order chi connectivity index (χ1) is 19.3. The van der Waals surface area contributed by atoms with Crippen LogP contribution >= 0.6 is 10.7 Å². The second-order valence-corrected chi connectivity index (χ2v) is 14.4. The Labute approximate surface area is 239 Å². The summed E-state index contributed by atoms with van der Waals surface area (Å²) in [7, 11) is -1.78. The first kappa shape index (κ1) is 29.4. The van der Waals surface area contributed by atoms with E-state index in [9.17, 15) is 30.7 Å². The van der Waals surface area contributed by atoms with Crippen molar-refractivity contribution in [3.63, 3.8) is 0 Å². The number of anilines is 3. The zero-order valence-electron chi connectivity index (χ0n) is 21.8.